The summed E-state index contributed by atoms with van der Waals surface area (Å²) < 4.78 is 12.9. The Balaban J connectivity index is 1.96. The van der Waals surface area contributed by atoms with Gasteiger partial charge in [0.25, 0.3) is 0 Å². The van der Waals surface area contributed by atoms with Gasteiger partial charge in [-0.05, 0) is 37.3 Å². The highest BCUT2D eigenvalue weighted by molar-refractivity contribution is 8.02. The summed E-state index contributed by atoms with van der Waals surface area (Å²) in [6, 6.07) is 5.63. The van der Waals surface area contributed by atoms with Gasteiger partial charge in [-0.25, -0.2) is 9.18 Å². The van der Waals surface area contributed by atoms with Gasteiger partial charge in [-0.1, -0.05) is 18.3 Å². The molecule has 3 N–H and O–H groups in total. The van der Waals surface area contributed by atoms with Gasteiger partial charge in [-0.2, -0.15) is 11.8 Å². The minimum atomic E-state index is -0.374. The molecular formula is C14H18FN3OS2. The van der Waals surface area contributed by atoms with E-state index in [1.807, 2.05) is 6.26 Å². The lowest BCUT2D eigenvalue weighted by atomic mass is 9.96. The molecule has 1 aliphatic heterocycles. The molecule has 0 unspecified atom stereocenters. The number of nitrogens with two attached hydrogens (primary N) is 1. The van der Waals surface area contributed by atoms with E-state index < -0.39 is 0 Å². The number of hydrogen-bond acceptors (Lipinski definition) is 3. The monoisotopic (exact) mass is 327 g/mol. The van der Waals surface area contributed by atoms with Crippen LogP contribution in [-0.4, -0.2) is 40.0 Å². The van der Waals surface area contributed by atoms with Gasteiger partial charge in [0.2, 0.25) is 0 Å². The molecule has 0 aromatic heterocycles. The van der Waals surface area contributed by atoms with E-state index >= 15 is 0 Å². The number of hydrogen-bond donors (Lipinski definition) is 2. The molecular weight excluding hydrogens is 309 g/mol. The quantitative estimate of drug-likeness (QED) is 0.838. The maximum atomic E-state index is 13.1. The number of piperidine rings is 1. The summed E-state index contributed by atoms with van der Waals surface area (Å²) in [5, 5.41) is 2.70. The van der Waals surface area contributed by atoms with Crippen LogP contribution in [0, 0.1) is 5.82 Å². The Morgan fingerprint density at radius 1 is 1.48 bits per heavy atom. The molecule has 7 heteroatoms. The van der Waals surface area contributed by atoms with Crippen LogP contribution >= 0.6 is 24.0 Å². The van der Waals surface area contributed by atoms with E-state index in [2.05, 4.69) is 5.32 Å². The number of urea groups is 1. The molecule has 1 aromatic carbocycles. The van der Waals surface area contributed by atoms with Gasteiger partial charge in [0.1, 0.15) is 5.82 Å². The molecule has 0 saturated carbocycles. The lowest BCUT2D eigenvalue weighted by Crippen LogP contribution is -2.51. The molecule has 1 heterocycles. The molecule has 1 saturated heterocycles. The third kappa shape index (κ3) is 3.65. The SMILES string of the molecule is CSC1(C(N)=S)CCN(C(=O)Nc2cccc(F)c2)CC1. The topological polar surface area (TPSA) is 58.4 Å². The van der Waals surface area contributed by atoms with E-state index in [1.54, 1.807) is 28.8 Å². The van der Waals surface area contributed by atoms with E-state index in [9.17, 15) is 9.18 Å². The van der Waals surface area contributed by atoms with Gasteiger partial charge < -0.3 is 16.0 Å². The van der Waals surface area contributed by atoms with Crippen molar-refractivity contribution in [1.82, 2.24) is 4.90 Å². The summed E-state index contributed by atoms with van der Waals surface area (Å²) in [6.45, 7) is 1.17. The second kappa shape index (κ2) is 6.62. The number of carbonyl (C=O) groups excluding carboxylic acids is 1. The third-order valence-electron chi connectivity index (χ3n) is 3.77. The number of rotatable bonds is 3. The lowest BCUT2D eigenvalue weighted by Gasteiger charge is -2.39. The van der Waals surface area contributed by atoms with Crippen LogP contribution in [0.3, 0.4) is 0 Å². The Hall–Kier alpha value is -1.34. The van der Waals surface area contributed by atoms with E-state index in [0.29, 0.717) is 23.8 Å². The number of benzene rings is 1. The summed E-state index contributed by atoms with van der Waals surface area (Å²) >= 11 is 6.79. The first-order chi connectivity index (χ1) is 9.97. The van der Waals surface area contributed by atoms with Crippen LogP contribution in [0.2, 0.25) is 0 Å². The Morgan fingerprint density at radius 3 is 2.67 bits per heavy atom. The van der Waals surface area contributed by atoms with Crippen molar-refractivity contribution in [3.05, 3.63) is 30.1 Å². The highest BCUT2D eigenvalue weighted by Gasteiger charge is 2.37. The zero-order chi connectivity index (χ0) is 15.5. The fourth-order valence-corrected chi connectivity index (χ4v) is 3.64. The van der Waals surface area contributed by atoms with Gasteiger partial charge in [0.05, 0.1) is 9.74 Å². The molecule has 0 radical (unpaired) electrons. The van der Waals surface area contributed by atoms with Gasteiger partial charge in [0.15, 0.2) is 0 Å². The predicted molar refractivity (Wildman–Crippen MR) is 89.3 cm³/mol. The fraction of sp³-hybridized carbons (Fsp3) is 0.429. The second-order valence-electron chi connectivity index (χ2n) is 4.99. The van der Waals surface area contributed by atoms with Crippen LogP contribution in [0.15, 0.2) is 24.3 Å². The summed E-state index contributed by atoms with van der Waals surface area (Å²) in [4.78, 5) is 14.4. The standard InChI is InChI=1S/C14H18FN3OS2/c1-21-14(12(16)20)5-7-18(8-6-14)13(19)17-11-4-2-3-10(15)9-11/h2-4,9H,5-8H2,1H3,(H2,16,20)(H,17,19). The number of carbonyl (C=O) groups is 1. The van der Waals surface area contributed by atoms with Crippen molar-refractivity contribution in [2.24, 2.45) is 5.73 Å². The number of amides is 2. The average Bonchev–Trinajstić information content (AvgIpc) is 2.47. The van der Waals surface area contributed by atoms with Crippen LogP contribution < -0.4 is 11.1 Å². The fourth-order valence-electron chi connectivity index (χ4n) is 2.39. The molecule has 2 rings (SSSR count). The molecule has 0 bridgehead atoms. The van der Waals surface area contributed by atoms with Crippen molar-refractivity contribution in [2.45, 2.75) is 17.6 Å². The molecule has 0 aliphatic carbocycles. The van der Waals surface area contributed by atoms with Gasteiger partial charge in [0, 0.05) is 18.8 Å². The zero-order valence-electron chi connectivity index (χ0n) is 11.8. The first-order valence-electron chi connectivity index (χ1n) is 6.63. The number of thioether (sulfide) groups is 1. The van der Waals surface area contributed by atoms with Crippen LogP contribution in [0.25, 0.3) is 0 Å². The third-order valence-corrected chi connectivity index (χ3v) is 5.70. The van der Waals surface area contributed by atoms with E-state index in [1.165, 1.54) is 12.1 Å². The molecule has 4 nitrogen and oxygen atoms in total. The van der Waals surface area contributed by atoms with Crippen molar-refractivity contribution < 1.29 is 9.18 Å². The van der Waals surface area contributed by atoms with E-state index in [-0.39, 0.29) is 16.6 Å². The first-order valence-corrected chi connectivity index (χ1v) is 8.27. The smallest absolute Gasteiger partial charge is 0.321 e. The first kappa shape index (κ1) is 16.0. The highest BCUT2D eigenvalue weighted by Crippen LogP contribution is 2.35. The molecule has 0 atom stereocenters. The zero-order valence-corrected chi connectivity index (χ0v) is 13.4. The van der Waals surface area contributed by atoms with Gasteiger partial charge in [-0.3, -0.25) is 0 Å². The van der Waals surface area contributed by atoms with Crippen molar-refractivity contribution in [2.75, 3.05) is 24.7 Å². The van der Waals surface area contributed by atoms with Crippen molar-refractivity contribution in [3.63, 3.8) is 0 Å². The number of nitrogens with one attached hydrogen (secondary N) is 1. The molecule has 1 aliphatic rings. The molecule has 0 spiro atoms. The Labute approximate surface area is 133 Å². The van der Waals surface area contributed by atoms with E-state index in [0.717, 1.165) is 12.8 Å². The lowest BCUT2D eigenvalue weighted by molar-refractivity contribution is 0.197. The molecule has 1 aromatic rings. The predicted octanol–water partition coefficient (Wildman–Crippen LogP) is 2.84. The number of thiocarbonyl (C=S) groups is 1. The van der Waals surface area contributed by atoms with Gasteiger partial charge in [-0.15, -0.1) is 0 Å². The van der Waals surface area contributed by atoms with Crippen LogP contribution in [-0.2, 0) is 0 Å². The van der Waals surface area contributed by atoms with Crippen molar-refractivity contribution >= 4 is 40.7 Å². The molecule has 2 amide bonds. The Bertz CT molecular complexity index is 545. The Kier molecular flexibility index (Phi) is 5.05. The number of anilines is 1. The highest BCUT2D eigenvalue weighted by atomic mass is 32.2. The summed E-state index contributed by atoms with van der Waals surface area (Å²) in [5.41, 5.74) is 6.28. The largest absolute Gasteiger partial charge is 0.392 e. The Morgan fingerprint density at radius 2 is 2.14 bits per heavy atom. The van der Waals surface area contributed by atoms with Crippen LogP contribution in [0.4, 0.5) is 14.9 Å². The van der Waals surface area contributed by atoms with Crippen LogP contribution in [0.1, 0.15) is 12.8 Å². The second-order valence-corrected chi connectivity index (χ2v) is 6.62. The molecule has 1 fully saturated rings. The number of likely N-dealkylation sites (tertiary alicyclic amines) is 1. The normalized spacial score (nSPS) is 17.3. The minimum absolute atomic E-state index is 0.217. The van der Waals surface area contributed by atoms with Crippen molar-refractivity contribution in [1.29, 1.82) is 0 Å². The summed E-state index contributed by atoms with van der Waals surface area (Å²) in [5.74, 6) is -0.374. The molecule has 21 heavy (non-hydrogen) atoms. The average molecular weight is 327 g/mol. The molecule has 114 valence electrons. The number of halogens is 1. The van der Waals surface area contributed by atoms with E-state index in [4.69, 9.17) is 18.0 Å². The summed E-state index contributed by atoms with van der Waals surface area (Å²) in [7, 11) is 0. The van der Waals surface area contributed by atoms with Crippen LogP contribution in [0.5, 0.6) is 0 Å². The number of nitrogens with zero attached hydrogens (tertiary/aromatic N) is 1. The maximum Gasteiger partial charge on any atom is 0.321 e. The van der Waals surface area contributed by atoms with Crippen molar-refractivity contribution in [3.8, 4) is 0 Å². The maximum absolute atomic E-state index is 13.1. The minimum Gasteiger partial charge on any atom is -0.392 e. The summed E-state index contributed by atoms with van der Waals surface area (Å²) in [6.07, 6.45) is 3.46. The van der Waals surface area contributed by atoms with Gasteiger partial charge >= 0.3 is 6.03 Å².